The second-order valence-corrected chi connectivity index (χ2v) is 27.2. The second-order valence-electron chi connectivity index (χ2n) is 17.5. The Morgan fingerprint density at radius 2 is 0.968 bits per heavy atom. The predicted octanol–water partition coefficient (Wildman–Crippen LogP) is 19.8. The van der Waals surface area contributed by atoms with E-state index in [1.165, 1.54) is 75.4 Å². The quantitative estimate of drug-likeness (QED) is 0.143. The predicted molar refractivity (Wildman–Crippen MR) is 293 cm³/mol. The van der Waals surface area contributed by atoms with Crippen LogP contribution in [0.25, 0.3) is 18.9 Å². The van der Waals surface area contributed by atoms with Crippen molar-refractivity contribution in [2.45, 2.75) is 198 Å². The van der Waals surface area contributed by atoms with Crippen molar-refractivity contribution in [2.75, 3.05) is 0 Å². The molecule has 0 atom stereocenters. The van der Waals surface area contributed by atoms with Gasteiger partial charge in [-0.3, -0.25) is 0 Å². The average molecular weight is 999 g/mol. The minimum absolute atomic E-state index is 0. The number of fused-ring (bicyclic) bond motifs is 4. The fraction of sp³-hybridized carbons (Fsp3) is 0.592. The number of sulfonamides is 1. The van der Waals surface area contributed by atoms with Crippen LogP contribution in [0.3, 0.4) is 0 Å². The summed E-state index contributed by atoms with van der Waals surface area (Å²) in [6, 6.07) is 11.2. The monoisotopic (exact) mass is 997 g/mol. The molecule has 350 valence electrons. The fourth-order valence-corrected chi connectivity index (χ4v) is 16.8. The molecule has 0 amide bonds. The minimum Gasteiger partial charge on any atom is -0.246 e. The van der Waals surface area contributed by atoms with Crippen LogP contribution in [0.5, 0.6) is 0 Å². The van der Waals surface area contributed by atoms with Gasteiger partial charge in [0.2, 0.25) is 0 Å². The second kappa shape index (κ2) is 24.4. The summed E-state index contributed by atoms with van der Waals surface area (Å²) in [4.78, 5) is 18.2. The molecule has 0 bridgehead atoms. The summed E-state index contributed by atoms with van der Waals surface area (Å²) in [5.41, 5.74) is 2.80. The van der Waals surface area contributed by atoms with Crippen LogP contribution in [0.4, 0.5) is 5.00 Å². The van der Waals surface area contributed by atoms with E-state index >= 15 is 0 Å². The SMILES string of the molecule is C.C.C.C.CC(C)C1=Nc2sc(C(C)C)cc2C1.CC(C)c1cc2c(s1)SN(C(C)C)S2(=O)=O.CC(C)c1cc2sc(C(C)C)cc2s1.CC(C)c1cc2sc(C(C)C)nc2s1. The zero-order valence-electron chi connectivity index (χ0n) is 37.1. The van der Waals surface area contributed by atoms with E-state index in [9.17, 15) is 8.42 Å². The molecule has 0 spiro atoms. The van der Waals surface area contributed by atoms with Crippen LogP contribution in [0, 0.1) is 5.92 Å². The van der Waals surface area contributed by atoms with Gasteiger partial charge in [0, 0.05) is 57.9 Å². The lowest BCUT2D eigenvalue weighted by atomic mass is 10.0. The third-order valence-electron chi connectivity index (χ3n) is 9.59. The van der Waals surface area contributed by atoms with Crippen LogP contribution in [0.1, 0.15) is 211 Å². The van der Waals surface area contributed by atoms with Crippen molar-refractivity contribution in [2.24, 2.45) is 10.9 Å². The Kier molecular flexibility index (Phi) is 23.0. The Morgan fingerprint density at radius 3 is 1.37 bits per heavy atom. The number of hydrogen-bond donors (Lipinski definition) is 0. The Morgan fingerprint density at radius 1 is 0.516 bits per heavy atom. The normalized spacial score (nSPS) is 14.0. The molecule has 0 radical (unpaired) electrons. The minimum atomic E-state index is -3.25. The summed E-state index contributed by atoms with van der Waals surface area (Å²) in [5, 5.41) is 2.53. The van der Waals surface area contributed by atoms with Gasteiger partial charge in [-0.2, -0.15) is 0 Å². The molecule has 2 aliphatic rings. The molecule has 2 aliphatic heterocycles. The summed E-state index contributed by atoms with van der Waals surface area (Å²) in [7, 11) is -3.25. The van der Waals surface area contributed by atoms with Crippen molar-refractivity contribution in [3.05, 3.63) is 65.3 Å². The average Bonchev–Trinajstić information content (AvgIpc) is 3.96. The molecule has 6 aromatic rings. The fourth-order valence-electron chi connectivity index (χ4n) is 5.90. The first kappa shape index (κ1) is 58.6. The Balaban J connectivity index is 0.000000405. The molecular weight excluding hydrogens is 919 g/mol. The summed E-state index contributed by atoms with van der Waals surface area (Å²) in [5.74, 6) is 4.15. The largest absolute Gasteiger partial charge is 0.254 e. The maximum atomic E-state index is 12.2. The van der Waals surface area contributed by atoms with E-state index < -0.39 is 10.0 Å². The zero-order valence-corrected chi connectivity index (χ0v) is 43.7. The van der Waals surface area contributed by atoms with E-state index in [2.05, 4.69) is 131 Å². The molecule has 13 heteroatoms. The summed E-state index contributed by atoms with van der Waals surface area (Å²) in [6.45, 7) is 34.8. The van der Waals surface area contributed by atoms with Gasteiger partial charge in [-0.1, -0.05) is 127 Å². The Labute approximate surface area is 407 Å². The highest BCUT2D eigenvalue weighted by Crippen LogP contribution is 2.49. The van der Waals surface area contributed by atoms with Crippen LogP contribution in [-0.2, 0) is 16.4 Å². The molecule has 6 aromatic heterocycles. The highest BCUT2D eigenvalue weighted by Gasteiger charge is 2.39. The Hall–Kier alpha value is -1.42. The van der Waals surface area contributed by atoms with E-state index in [0.29, 0.717) is 46.3 Å². The van der Waals surface area contributed by atoms with Gasteiger partial charge in [-0.05, 0) is 97.2 Å². The van der Waals surface area contributed by atoms with Crippen LogP contribution in [0.15, 0.2) is 44.4 Å². The third kappa shape index (κ3) is 13.8. The van der Waals surface area contributed by atoms with Gasteiger partial charge in [-0.25, -0.2) is 18.4 Å². The maximum absolute atomic E-state index is 12.2. The summed E-state index contributed by atoms with van der Waals surface area (Å²) >= 11 is 12.4. The smallest absolute Gasteiger partial charge is 0.246 e. The molecule has 0 unspecified atom stereocenters. The van der Waals surface area contributed by atoms with Crippen LogP contribution in [-0.4, -0.2) is 28.9 Å². The molecule has 62 heavy (non-hydrogen) atoms. The molecule has 0 N–H and O–H groups in total. The van der Waals surface area contributed by atoms with Gasteiger partial charge in [0.1, 0.15) is 14.7 Å². The van der Waals surface area contributed by atoms with Crippen molar-refractivity contribution in [3.63, 3.8) is 0 Å². The molecule has 0 aromatic carbocycles. The molecule has 0 aliphatic carbocycles. The zero-order chi connectivity index (χ0) is 43.0. The van der Waals surface area contributed by atoms with Crippen molar-refractivity contribution < 1.29 is 8.42 Å². The number of thiazole rings is 1. The van der Waals surface area contributed by atoms with E-state index in [1.807, 2.05) is 76.6 Å². The molecular formula is C49H79N3O2S8. The Bertz CT molecular complexity index is 2200. The lowest BCUT2D eigenvalue weighted by Gasteiger charge is -2.17. The van der Waals surface area contributed by atoms with Crippen molar-refractivity contribution in [1.29, 1.82) is 0 Å². The number of thiophene rings is 5. The van der Waals surface area contributed by atoms with Crippen LogP contribution < -0.4 is 0 Å². The number of rotatable bonds is 8. The maximum Gasteiger partial charge on any atom is 0.254 e. The lowest BCUT2D eigenvalue weighted by Crippen LogP contribution is -2.26. The van der Waals surface area contributed by atoms with Gasteiger partial charge in [0.05, 0.1) is 13.9 Å². The van der Waals surface area contributed by atoms with E-state index in [1.54, 1.807) is 11.3 Å². The highest BCUT2D eigenvalue weighted by molar-refractivity contribution is 8.12. The molecule has 0 fully saturated rings. The van der Waals surface area contributed by atoms with Gasteiger partial charge in [0.25, 0.3) is 10.0 Å². The molecule has 0 saturated carbocycles. The van der Waals surface area contributed by atoms with E-state index in [-0.39, 0.29) is 35.7 Å². The number of aliphatic imine (C=N–C) groups is 1. The molecule has 8 rings (SSSR count). The van der Waals surface area contributed by atoms with Crippen molar-refractivity contribution in [1.82, 2.24) is 8.69 Å². The van der Waals surface area contributed by atoms with Gasteiger partial charge in [-0.15, -0.1) is 71.7 Å². The van der Waals surface area contributed by atoms with E-state index in [0.717, 1.165) is 15.5 Å². The molecule has 0 saturated heterocycles. The number of aromatic nitrogens is 1. The summed E-state index contributed by atoms with van der Waals surface area (Å²) < 4.78 is 31.1. The first-order valence-corrected chi connectivity index (χ1v) is 27.7. The third-order valence-corrected chi connectivity index (χ3v) is 22.2. The van der Waals surface area contributed by atoms with Crippen LogP contribution >= 0.6 is 80.0 Å². The van der Waals surface area contributed by atoms with Crippen molar-refractivity contribution >= 4 is 120 Å². The van der Waals surface area contributed by atoms with Gasteiger partial charge >= 0.3 is 0 Å². The van der Waals surface area contributed by atoms with Gasteiger partial charge < -0.3 is 0 Å². The standard InChI is InChI=1S/C12H17NS.C12H16S2.C11H15NS2.C10H15NO2S3.4CH4/c1-7(2)10-5-9-6-11(8(3)4)14-12(9)13-10;1-7(2)9-5-11-12(13-9)6-10(14-11)8(3)4;1-6(2)8-5-9-11(13-8)12-10(14-9)7(3)4;1-6(2)8-5-9-10(14-8)15-11(7(3)4)16(9,12)13;;;;/h6-8H,5H2,1-4H3;5-8H,1-4H3;5-7H,1-4H3;5-7H,1-4H3;4*1H4. The highest BCUT2D eigenvalue weighted by atomic mass is 32.3. The van der Waals surface area contributed by atoms with Crippen molar-refractivity contribution in [3.8, 4) is 0 Å². The number of nitrogens with zero attached hydrogens (tertiary/aromatic N) is 3. The molecule has 8 heterocycles. The van der Waals surface area contributed by atoms with E-state index in [4.69, 9.17) is 0 Å². The van der Waals surface area contributed by atoms with Gasteiger partial charge in [0.15, 0.2) is 0 Å². The topological polar surface area (TPSA) is 62.6 Å². The molecule has 5 nitrogen and oxygen atoms in total. The first-order chi connectivity index (χ1) is 27.1. The van der Waals surface area contributed by atoms with Crippen LogP contribution in [0.2, 0.25) is 0 Å². The summed E-state index contributed by atoms with van der Waals surface area (Å²) in [6.07, 6.45) is 1.08. The number of hydrogen-bond acceptors (Lipinski definition) is 11. The first-order valence-electron chi connectivity index (χ1n) is 20.6. The lowest BCUT2D eigenvalue weighted by molar-refractivity contribution is 0.507.